The molecule has 0 saturated heterocycles. The summed E-state index contributed by atoms with van der Waals surface area (Å²) in [5, 5.41) is 3.27. The van der Waals surface area contributed by atoms with Crippen LogP contribution >= 0.6 is 15.9 Å². The third kappa shape index (κ3) is 5.58. The molecule has 0 heterocycles. The highest BCUT2D eigenvalue weighted by Crippen LogP contribution is 2.28. The minimum absolute atomic E-state index is 0.0807. The zero-order chi connectivity index (χ0) is 14.5. The quantitative estimate of drug-likeness (QED) is 0.820. The summed E-state index contributed by atoms with van der Waals surface area (Å²) in [6.45, 7) is 2.79. The van der Waals surface area contributed by atoms with Gasteiger partial charge in [0.2, 0.25) is 0 Å². The molecule has 1 atom stereocenters. The molecule has 0 radical (unpaired) electrons. The summed E-state index contributed by atoms with van der Waals surface area (Å²) in [6.07, 6.45) is 2.58. The first-order valence-electron chi connectivity index (χ1n) is 6.20. The maximum absolute atomic E-state index is 13.5. The zero-order valence-corrected chi connectivity index (χ0v) is 13.5. The first kappa shape index (κ1) is 16.6. The molecule has 0 aliphatic rings. The highest BCUT2D eigenvalue weighted by atomic mass is 79.9. The van der Waals surface area contributed by atoms with Gasteiger partial charge in [-0.15, -0.1) is 0 Å². The fourth-order valence-corrected chi connectivity index (χ4v) is 3.01. The van der Waals surface area contributed by atoms with Crippen LogP contribution in [0.2, 0.25) is 0 Å². The fourth-order valence-electron chi connectivity index (χ4n) is 1.81. The minimum atomic E-state index is -3.02. The van der Waals surface area contributed by atoms with E-state index in [4.69, 9.17) is 0 Å². The Labute approximate surface area is 122 Å². The monoisotopic (exact) mass is 351 g/mol. The predicted octanol–water partition coefficient (Wildman–Crippen LogP) is 3.06. The Hall–Kier alpha value is -0.460. The number of halogens is 2. The van der Waals surface area contributed by atoms with Gasteiger partial charge in [0.15, 0.2) is 0 Å². The van der Waals surface area contributed by atoms with Crippen molar-refractivity contribution in [2.45, 2.75) is 25.8 Å². The molecule has 3 nitrogen and oxygen atoms in total. The molecule has 6 heteroatoms. The molecule has 0 aliphatic heterocycles. The SMILES string of the molecule is CCCNC(CCS(C)(=O)=O)c1cccc(F)c1Br. The van der Waals surface area contributed by atoms with Gasteiger partial charge in [-0.2, -0.15) is 0 Å². The van der Waals surface area contributed by atoms with Gasteiger partial charge in [0.05, 0.1) is 10.2 Å². The van der Waals surface area contributed by atoms with Crippen molar-refractivity contribution in [1.29, 1.82) is 0 Å². The van der Waals surface area contributed by atoms with Crippen LogP contribution in [0.5, 0.6) is 0 Å². The Kier molecular flexibility index (Phi) is 6.42. The largest absolute Gasteiger partial charge is 0.310 e. The minimum Gasteiger partial charge on any atom is -0.310 e. The van der Waals surface area contributed by atoms with E-state index in [0.717, 1.165) is 18.5 Å². The second-order valence-corrected chi connectivity index (χ2v) is 7.62. The second-order valence-electron chi connectivity index (χ2n) is 4.57. The third-order valence-corrected chi connectivity index (χ3v) is 4.59. The van der Waals surface area contributed by atoms with Gasteiger partial charge in [-0.25, -0.2) is 12.8 Å². The average Bonchev–Trinajstić information content (AvgIpc) is 2.32. The van der Waals surface area contributed by atoms with Gasteiger partial charge in [0.1, 0.15) is 15.7 Å². The van der Waals surface area contributed by atoms with E-state index in [-0.39, 0.29) is 17.6 Å². The van der Waals surface area contributed by atoms with Crippen molar-refractivity contribution in [3.63, 3.8) is 0 Å². The Morgan fingerprint density at radius 2 is 2.11 bits per heavy atom. The van der Waals surface area contributed by atoms with Gasteiger partial charge < -0.3 is 5.32 Å². The molecule has 19 heavy (non-hydrogen) atoms. The fraction of sp³-hybridized carbons (Fsp3) is 0.538. The van der Waals surface area contributed by atoms with Gasteiger partial charge in [-0.1, -0.05) is 19.1 Å². The molecular weight excluding hydrogens is 333 g/mol. The van der Waals surface area contributed by atoms with E-state index in [1.807, 2.05) is 13.0 Å². The van der Waals surface area contributed by atoms with Gasteiger partial charge in [-0.05, 0) is 46.9 Å². The number of sulfone groups is 1. The molecule has 108 valence electrons. The van der Waals surface area contributed by atoms with Crippen LogP contribution in [0.15, 0.2) is 22.7 Å². The van der Waals surface area contributed by atoms with Crippen LogP contribution in [0.25, 0.3) is 0 Å². The summed E-state index contributed by atoms with van der Waals surface area (Å²) in [7, 11) is -3.02. The lowest BCUT2D eigenvalue weighted by atomic mass is 10.0. The molecule has 1 aromatic carbocycles. The van der Waals surface area contributed by atoms with Crippen molar-refractivity contribution in [1.82, 2.24) is 5.32 Å². The standard InChI is InChI=1S/C13H19BrFNO2S/c1-3-8-16-12(7-9-19(2,17)18)10-5-4-6-11(15)13(10)14/h4-6,12,16H,3,7-9H2,1-2H3. The van der Waals surface area contributed by atoms with Crippen LogP contribution in [0.1, 0.15) is 31.4 Å². The third-order valence-electron chi connectivity index (χ3n) is 2.77. The smallest absolute Gasteiger partial charge is 0.147 e. The van der Waals surface area contributed by atoms with Gasteiger partial charge in [-0.3, -0.25) is 0 Å². The summed E-state index contributed by atoms with van der Waals surface area (Å²) < 4.78 is 36.5. The van der Waals surface area contributed by atoms with E-state index in [1.165, 1.54) is 12.3 Å². The van der Waals surface area contributed by atoms with Crippen molar-refractivity contribution < 1.29 is 12.8 Å². The number of hydrogen-bond acceptors (Lipinski definition) is 3. The Morgan fingerprint density at radius 1 is 1.42 bits per heavy atom. The van der Waals surface area contributed by atoms with Gasteiger partial charge in [0.25, 0.3) is 0 Å². The molecule has 0 aliphatic carbocycles. The van der Waals surface area contributed by atoms with Crippen LogP contribution in [0, 0.1) is 5.82 Å². The molecule has 0 fully saturated rings. The molecular formula is C13H19BrFNO2S. The lowest BCUT2D eigenvalue weighted by molar-refractivity contribution is 0.507. The van der Waals surface area contributed by atoms with Crippen molar-refractivity contribution in [2.75, 3.05) is 18.6 Å². The van der Waals surface area contributed by atoms with E-state index in [1.54, 1.807) is 6.07 Å². The number of rotatable bonds is 7. The van der Waals surface area contributed by atoms with Gasteiger partial charge in [0, 0.05) is 12.3 Å². The predicted molar refractivity (Wildman–Crippen MR) is 79.5 cm³/mol. The summed E-state index contributed by atoms with van der Waals surface area (Å²) in [4.78, 5) is 0. The second kappa shape index (κ2) is 7.36. The van der Waals surface area contributed by atoms with Crippen LogP contribution in [0.4, 0.5) is 4.39 Å². The first-order valence-corrected chi connectivity index (χ1v) is 9.05. The molecule has 0 aromatic heterocycles. The summed E-state index contributed by atoms with van der Waals surface area (Å²) >= 11 is 3.23. The van der Waals surface area contributed by atoms with Crippen LogP contribution in [-0.2, 0) is 9.84 Å². The molecule has 0 amide bonds. The molecule has 1 aromatic rings. The van der Waals surface area contributed by atoms with E-state index in [2.05, 4.69) is 21.2 Å². The van der Waals surface area contributed by atoms with Gasteiger partial charge >= 0.3 is 0 Å². The van der Waals surface area contributed by atoms with E-state index < -0.39 is 9.84 Å². The summed E-state index contributed by atoms with van der Waals surface area (Å²) in [5.41, 5.74) is 0.761. The molecule has 1 rings (SSSR count). The van der Waals surface area contributed by atoms with E-state index >= 15 is 0 Å². The molecule has 0 saturated carbocycles. The number of nitrogens with one attached hydrogen (secondary N) is 1. The Balaban J connectivity index is 2.92. The lowest BCUT2D eigenvalue weighted by Gasteiger charge is -2.20. The normalized spacial score (nSPS) is 13.5. The molecule has 0 spiro atoms. The number of benzene rings is 1. The van der Waals surface area contributed by atoms with Crippen molar-refractivity contribution in [3.05, 3.63) is 34.1 Å². The topological polar surface area (TPSA) is 46.2 Å². The summed E-state index contributed by atoms with van der Waals surface area (Å²) in [6, 6.07) is 4.65. The molecule has 1 unspecified atom stereocenters. The Morgan fingerprint density at radius 3 is 2.68 bits per heavy atom. The Bertz CT molecular complexity index is 519. The van der Waals surface area contributed by atoms with Crippen LogP contribution in [0.3, 0.4) is 0 Å². The van der Waals surface area contributed by atoms with Crippen molar-refractivity contribution >= 4 is 25.8 Å². The van der Waals surface area contributed by atoms with E-state index in [0.29, 0.717) is 10.9 Å². The highest BCUT2D eigenvalue weighted by Gasteiger charge is 2.17. The van der Waals surface area contributed by atoms with Crippen LogP contribution in [-0.4, -0.2) is 27.0 Å². The van der Waals surface area contributed by atoms with Crippen LogP contribution < -0.4 is 5.32 Å². The average molecular weight is 352 g/mol. The first-order chi connectivity index (χ1) is 8.85. The lowest BCUT2D eigenvalue weighted by Crippen LogP contribution is -2.25. The van der Waals surface area contributed by atoms with Crippen molar-refractivity contribution in [3.8, 4) is 0 Å². The number of hydrogen-bond donors (Lipinski definition) is 1. The summed E-state index contributed by atoms with van der Waals surface area (Å²) in [5.74, 6) is -0.253. The molecule has 0 bridgehead atoms. The maximum atomic E-state index is 13.5. The zero-order valence-electron chi connectivity index (χ0n) is 11.1. The van der Waals surface area contributed by atoms with Crippen molar-refractivity contribution in [2.24, 2.45) is 0 Å². The van der Waals surface area contributed by atoms with E-state index in [9.17, 15) is 12.8 Å². The highest BCUT2D eigenvalue weighted by molar-refractivity contribution is 9.10. The maximum Gasteiger partial charge on any atom is 0.147 e. The molecule has 1 N–H and O–H groups in total.